The molecule has 0 spiro atoms. The second kappa shape index (κ2) is 5.42. The van der Waals surface area contributed by atoms with Crippen molar-refractivity contribution in [1.29, 1.82) is 0 Å². The van der Waals surface area contributed by atoms with Crippen molar-refractivity contribution in [2.75, 3.05) is 0 Å². The highest BCUT2D eigenvalue weighted by Crippen LogP contribution is 2.23. The van der Waals surface area contributed by atoms with E-state index in [0.717, 1.165) is 22.9 Å². The second-order valence-corrected chi connectivity index (χ2v) is 4.97. The molecule has 1 aromatic carbocycles. The summed E-state index contributed by atoms with van der Waals surface area (Å²) in [6.07, 6.45) is 6.27. The minimum absolute atomic E-state index is 0.165. The van der Waals surface area contributed by atoms with Gasteiger partial charge in [0, 0.05) is 28.7 Å². The molecule has 0 atom stereocenters. The fraction of sp³-hybridized carbons (Fsp3) is 0.333. The van der Waals surface area contributed by atoms with E-state index in [9.17, 15) is 10.1 Å². The molecule has 1 aromatic rings. The first kappa shape index (κ1) is 12.3. The van der Waals surface area contributed by atoms with Crippen LogP contribution in [-0.4, -0.2) is 11.0 Å². The van der Waals surface area contributed by atoms with Crippen molar-refractivity contribution in [2.24, 2.45) is 0 Å². The average Bonchev–Trinajstić information content (AvgIpc) is 2.80. The third kappa shape index (κ3) is 3.14. The predicted octanol–water partition coefficient (Wildman–Crippen LogP) is 3.17. The third-order valence-electron chi connectivity index (χ3n) is 2.83. The minimum atomic E-state index is -0.339. The van der Waals surface area contributed by atoms with E-state index in [2.05, 4.69) is 33.4 Å². The molecular formula is C12H13BrN2O2. The van der Waals surface area contributed by atoms with E-state index in [1.807, 2.05) is 6.07 Å². The van der Waals surface area contributed by atoms with Crippen molar-refractivity contribution in [3.63, 3.8) is 0 Å². The maximum Gasteiger partial charge on any atom is 0.275 e. The SMILES string of the molecule is O=[N+]([O-])c1cc(Br)ccc1CNC1CC=CC1. The van der Waals surface area contributed by atoms with Crippen LogP contribution in [0.3, 0.4) is 0 Å². The van der Waals surface area contributed by atoms with Gasteiger partial charge in [-0.2, -0.15) is 0 Å². The van der Waals surface area contributed by atoms with Gasteiger partial charge in [-0.3, -0.25) is 10.1 Å². The van der Waals surface area contributed by atoms with Gasteiger partial charge in [-0.1, -0.05) is 28.1 Å². The van der Waals surface area contributed by atoms with Gasteiger partial charge < -0.3 is 5.32 Å². The zero-order valence-corrected chi connectivity index (χ0v) is 10.8. The Balaban J connectivity index is 2.06. The highest BCUT2D eigenvalue weighted by Gasteiger charge is 2.16. The van der Waals surface area contributed by atoms with Crippen LogP contribution in [0.2, 0.25) is 0 Å². The molecule has 5 heteroatoms. The number of nitrogens with one attached hydrogen (secondary N) is 1. The summed E-state index contributed by atoms with van der Waals surface area (Å²) in [7, 11) is 0. The Labute approximate surface area is 108 Å². The van der Waals surface area contributed by atoms with Crippen molar-refractivity contribution in [3.8, 4) is 0 Å². The lowest BCUT2D eigenvalue weighted by molar-refractivity contribution is -0.385. The first-order valence-electron chi connectivity index (χ1n) is 5.48. The summed E-state index contributed by atoms with van der Waals surface area (Å²) in [6, 6.07) is 5.58. The number of halogens is 1. The van der Waals surface area contributed by atoms with E-state index < -0.39 is 0 Å². The number of benzene rings is 1. The van der Waals surface area contributed by atoms with Gasteiger partial charge in [-0.15, -0.1) is 0 Å². The van der Waals surface area contributed by atoms with E-state index in [-0.39, 0.29) is 10.6 Å². The molecule has 4 nitrogen and oxygen atoms in total. The molecule has 0 saturated carbocycles. The minimum Gasteiger partial charge on any atom is -0.309 e. The first-order valence-corrected chi connectivity index (χ1v) is 6.27. The van der Waals surface area contributed by atoms with Crippen LogP contribution in [0.4, 0.5) is 5.69 Å². The second-order valence-electron chi connectivity index (χ2n) is 4.05. The Hall–Kier alpha value is -1.20. The molecule has 0 amide bonds. The normalized spacial score (nSPS) is 15.4. The summed E-state index contributed by atoms with van der Waals surface area (Å²) in [6.45, 7) is 0.538. The van der Waals surface area contributed by atoms with Crippen molar-refractivity contribution in [3.05, 3.63) is 50.5 Å². The zero-order chi connectivity index (χ0) is 12.3. The fourth-order valence-electron chi connectivity index (χ4n) is 1.89. The van der Waals surface area contributed by atoms with Crippen molar-refractivity contribution in [2.45, 2.75) is 25.4 Å². The van der Waals surface area contributed by atoms with E-state index in [1.54, 1.807) is 12.1 Å². The summed E-state index contributed by atoms with van der Waals surface area (Å²) >= 11 is 3.25. The quantitative estimate of drug-likeness (QED) is 0.527. The maximum atomic E-state index is 10.9. The van der Waals surface area contributed by atoms with Crippen LogP contribution in [0.15, 0.2) is 34.8 Å². The lowest BCUT2D eigenvalue weighted by Gasteiger charge is -2.12. The highest BCUT2D eigenvalue weighted by molar-refractivity contribution is 9.10. The Morgan fingerprint density at radius 3 is 2.76 bits per heavy atom. The molecule has 1 aliphatic carbocycles. The molecule has 0 radical (unpaired) electrons. The summed E-state index contributed by atoms with van der Waals surface area (Å²) in [4.78, 5) is 10.6. The fourth-order valence-corrected chi connectivity index (χ4v) is 2.24. The molecule has 0 fully saturated rings. The number of hydrogen-bond donors (Lipinski definition) is 1. The van der Waals surface area contributed by atoms with Crippen molar-refractivity contribution < 1.29 is 4.92 Å². The van der Waals surface area contributed by atoms with Gasteiger partial charge in [0.2, 0.25) is 0 Å². The lowest BCUT2D eigenvalue weighted by atomic mass is 10.1. The third-order valence-corrected chi connectivity index (χ3v) is 3.33. The standard InChI is InChI=1S/C12H13BrN2O2/c13-10-6-5-9(12(7-10)15(16)17)8-14-11-3-1-2-4-11/h1-2,5-7,11,14H,3-4,8H2. The van der Waals surface area contributed by atoms with E-state index in [4.69, 9.17) is 0 Å². The lowest BCUT2D eigenvalue weighted by Crippen LogP contribution is -2.25. The summed E-state index contributed by atoms with van der Waals surface area (Å²) in [5, 5.41) is 14.2. The topological polar surface area (TPSA) is 55.2 Å². The van der Waals surface area contributed by atoms with Gasteiger partial charge in [-0.25, -0.2) is 0 Å². The molecule has 0 aromatic heterocycles. The van der Waals surface area contributed by atoms with Gasteiger partial charge in [0.25, 0.3) is 5.69 Å². The molecule has 17 heavy (non-hydrogen) atoms. The van der Waals surface area contributed by atoms with Crippen molar-refractivity contribution >= 4 is 21.6 Å². The molecule has 0 bridgehead atoms. The van der Waals surface area contributed by atoms with Crippen LogP contribution >= 0.6 is 15.9 Å². The van der Waals surface area contributed by atoms with Gasteiger partial charge >= 0.3 is 0 Å². The van der Waals surface area contributed by atoms with E-state index >= 15 is 0 Å². The van der Waals surface area contributed by atoms with Gasteiger partial charge in [0.1, 0.15) is 0 Å². The molecular weight excluding hydrogens is 284 g/mol. The molecule has 0 saturated heterocycles. The summed E-state index contributed by atoms with van der Waals surface area (Å²) in [5.74, 6) is 0. The largest absolute Gasteiger partial charge is 0.309 e. The Bertz CT molecular complexity index is 452. The van der Waals surface area contributed by atoms with E-state index in [1.165, 1.54) is 0 Å². The molecule has 1 N–H and O–H groups in total. The number of hydrogen-bond acceptors (Lipinski definition) is 3. The van der Waals surface area contributed by atoms with Crippen LogP contribution in [0.1, 0.15) is 18.4 Å². The monoisotopic (exact) mass is 296 g/mol. The van der Waals surface area contributed by atoms with Gasteiger partial charge in [0.15, 0.2) is 0 Å². The number of rotatable bonds is 4. The maximum absolute atomic E-state index is 10.9. The smallest absolute Gasteiger partial charge is 0.275 e. The zero-order valence-electron chi connectivity index (χ0n) is 9.23. The van der Waals surface area contributed by atoms with Gasteiger partial charge in [-0.05, 0) is 25.0 Å². The number of nitro benzene ring substituents is 1. The Kier molecular flexibility index (Phi) is 3.91. The van der Waals surface area contributed by atoms with Crippen LogP contribution < -0.4 is 5.32 Å². The molecule has 2 rings (SSSR count). The predicted molar refractivity (Wildman–Crippen MR) is 69.8 cm³/mol. The molecule has 90 valence electrons. The Morgan fingerprint density at radius 2 is 2.12 bits per heavy atom. The molecule has 0 aliphatic heterocycles. The van der Waals surface area contributed by atoms with Crippen LogP contribution in [0, 0.1) is 10.1 Å². The van der Waals surface area contributed by atoms with Crippen LogP contribution in [0.5, 0.6) is 0 Å². The van der Waals surface area contributed by atoms with Gasteiger partial charge in [0.05, 0.1) is 4.92 Å². The molecule has 0 unspecified atom stereocenters. The highest BCUT2D eigenvalue weighted by atomic mass is 79.9. The summed E-state index contributed by atoms with van der Waals surface area (Å²) < 4.78 is 0.732. The number of nitro groups is 1. The van der Waals surface area contributed by atoms with Crippen LogP contribution in [0.25, 0.3) is 0 Å². The summed E-state index contributed by atoms with van der Waals surface area (Å²) in [5.41, 5.74) is 0.892. The first-order chi connectivity index (χ1) is 8.16. The molecule has 0 heterocycles. The van der Waals surface area contributed by atoms with E-state index in [0.29, 0.717) is 12.6 Å². The Morgan fingerprint density at radius 1 is 1.41 bits per heavy atom. The number of nitrogens with zero attached hydrogens (tertiary/aromatic N) is 1. The van der Waals surface area contributed by atoms with Crippen LogP contribution in [-0.2, 0) is 6.54 Å². The van der Waals surface area contributed by atoms with Crippen molar-refractivity contribution in [1.82, 2.24) is 5.32 Å². The molecule has 1 aliphatic rings. The average molecular weight is 297 g/mol.